The van der Waals surface area contributed by atoms with Gasteiger partial charge in [0, 0.05) is 24.6 Å². The fourth-order valence-electron chi connectivity index (χ4n) is 3.02. The highest BCUT2D eigenvalue weighted by Gasteiger charge is 2.33. The first-order valence-corrected chi connectivity index (χ1v) is 7.73. The molecule has 2 rings (SSSR count). The van der Waals surface area contributed by atoms with Gasteiger partial charge in [0.1, 0.15) is 11.6 Å². The third kappa shape index (κ3) is 5.04. The summed E-state index contributed by atoms with van der Waals surface area (Å²) >= 11 is 0. The van der Waals surface area contributed by atoms with Gasteiger partial charge in [-0.15, -0.1) is 0 Å². The summed E-state index contributed by atoms with van der Waals surface area (Å²) < 4.78 is 32.4. The van der Waals surface area contributed by atoms with E-state index in [0.29, 0.717) is 24.5 Å². The quantitative estimate of drug-likeness (QED) is 0.867. The third-order valence-corrected chi connectivity index (χ3v) is 3.96. The van der Waals surface area contributed by atoms with Crippen LogP contribution in [-0.4, -0.2) is 26.3 Å². The van der Waals surface area contributed by atoms with Crippen molar-refractivity contribution in [1.82, 2.24) is 5.32 Å². The number of hydrogen-bond donors (Lipinski definition) is 1. The van der Waals surface area contributed by atoms with Gasteiger partial charge in [0.15, 0.2) is 0 Å². The summed E-state index contributed by atoms with van der Waals surface area (Å²) in [5.41, 5.74) is 0.650. The standard InChI is InChI=1S/C17H25F2NO/c1-13(2)10-20-11-17(4-3-5-21-12-17)9-14-6-15(18)8-16(19)7-14/h6-8,13,20H,3-5,9-12H2,1-2H3. The van der Waals surface area contributed by atoms with Crippen LogP contribution in [0.15, 0.2) is 18.2 Å². The summed E-state index contributed by atoms with van der Waals surface area (Å²) in [7, 11) is 0. The molecule has 1 aromatic rings. The van der Waals surface area contributed by atoms with Gasteiger partial charge in [0.2, 0.25) is 0 Å². The van der Waals surface area contributed by atoms with E-state index in [1.165, 1.54) is 12.1 Å². The van der Waals surface area contributed by atoms with Crippen molar-refractivity contribution in [2.24, 2.45) is 11.3 Å². The molecule has 0 spiro atoms. The van der Waals surface area contributed by atoms with Crippen LogP contribution in [0.25, 0.3) is 0 Å². The Kier molecular flexibility index (Phi) is 5.71. The molecule has 0 bridgehead atoms. The van der Waals surface area contributed by atoms with E-state index in [9.17, 15) is 8.78 Å². The van der Waals surface area contributed by atoms with Crippen LogP contribution in [0.1, 0.15) is 32.3 Å². The lowest BCUT2D eigenvalue weighted by Crippen LogP contribution is -2.43. The molecule has 1 aromatic carbocycles. The topological polar surface area (TPSA) is 21.3 Å². The summed E-state index contributed by atoms with van der Waals surface area (Å²) in [4.78, 5) is 0. The van der Waals surface area contributed by atoms with E-state index in [2.05, 4.69) is 19.2 Å². The third-order valence-electron chi connectivity index (χ3n) is 3.96. The van der Waals surface area contributed by atoms with Crippen molar-refractivity contribution in [2.45, 2.75) is 33.1 Å². The Morgan fingerprint density at radius 1 is 1.24 bits per heavy atom. The second-order valence-corrected chi connectivity index (χ2v) is 6.64. The van der Waals surface area contributed by atoms with Crippen molar-refractivity contribution in [3.8, 4) is 0 Å². The number of benzene rings is 1. The average Bonchev–Trinajstić information content (AvgIpc) is 2.37. The van der Waals surface area contributed by atoms with E-state index in [1.807, 2.05) is 0 Å². The summed E-state index contributed by atoms with van der Waals surface area (Å²) in [6, 6.07) is 3.79. The Hall–Kier alpha value is -1.00. The van der Waals surface area contributed by atoms with Crippen molar-refractivity contribution in [2.75, 3.05) is 26.3 Å². The van der Waals surface area contributed by atoms with E-state index in [1.54, 1.807) is 0 Å². The molecule has 1 aliphatic heterocycles. The Balaban J connectivity index is 2.07. The van der Waals surface area contributed by atoms with Crippen molar-refractivity contribution < 1.29 is 13.5 Å². The van der Waals surface area contributed by atoms with Gasteiger partial charge in [-0.25, -0.2) is 8.78 Å². The lowest BCUT2D eigenvalue weighted by Gasteiger charge is -2.37. The first kappa shape index (κ1) is 16.4. The van der Waals surface area contributed by atoms with E-state index < -0.39 is 11.6 Å². The van der Waals surface area contributed by atoms with Crippen molar-refractivity contribution in [3.05, 3.63) is 35.4 Å². The SMILES string of the molecule is CC(C)CNCC1(Cc2cc(F)cc(F)c2)CCCOC1. The molecule has 21 heavy (non-hydrogen) atoms. The number of halogens is 2. The van der Waals surface area contributed by atoms with Gasteiger partial charge in [-0.3, -0.25) is 0 Å². The van der Waals surface area contributed by atoms with E-state index >= 15 is 0 Å². The summed E-state index contributed by atoms with van der Waals surface area (Å²) in [5.74, 6) is -0.433. The fraction of sp³-hybridized carbons (Fsp3) is 0.647. The molecule has 0 aromatic heterocycles. The monoisotopic (exact) mass is 297 g/mol. The minimum absolute atomic E-state index is 0.0621. The maximum Gasteiger partial charge on any atom is 0.126 e. The number of ether oxygens (including phenoxy) is 1. The van der Waals surface area contributed by atoms with Crippen LogP contribution in [0.3, 0.4) is 0 Å². The second kappa shape index (κ2) is 7.32. The second-order valence-electron chi connectivity index (χ2n) is 6.64. The molecule has 2 nitrogen and oxygen atoms in total. The Labute approximate surface area is 125 Å². The molecule has 1 N–H and O–H groups in total. The molecule has 0 amide bonds. The normalized spacial score (nSPS) is 22.7. The van der Waals surface area contributed by atoms with Crippen LogP contribution in [0.4, 0.5) is 8.78 Å². The minimum Gasteiger partial charge on any atom is -0.381 e. The van der Waals surface area contributed by atoms with Gasteiger partial charge in [0.25, 0.3) is 0 Å². The predicted molar refractivity (Wildman–Crippen MR) is 80.3 cm³/mol. The molecule has 1 saturated heterocycles. The largest absolute Gasteiger partial charge is 0.381 e. The van der Waals surface area contributed by atoms with Gasteiger partial charge < -0.3 is 10.1 Å². The molecular formula is C17H25F2NO. The van der Waals surface area contributed by atoms with Crippen LogP contribution in [0.2, 0.25) is 0 Å². The van der Waals surface area contributed by atoms with Crippen LogP contribution in [-0.2, 0) is 11.2 Å². The lowest BCUT2D eigenvalue weighted by atomic mass is 9.77. The summed E-state index contributed by atoms with van der Waals surface area (Å²) in [5, 5.41) is 3.48. The van der Waals surface area contributed by atoms with Crippen molar-refractivity contribution in [1.29, 1.82) is 0 Å². The molecule has 0 aliphatic carbocycles. The van der Waals surface area contributed by atoms with E-state index in [0.717, 1.165) is 38.6 Å². The highest BCUT2D eigenvalue weighted by atomic mass is 19.1. The molecule has 0 saturated carbocycles. The van der Waals surface area contributed by atoms with Crippen LogP contribution in [0.5, 0.6) is 0 Å². The zero-order valence-corrected chi connectivity index (χ0v) is 12.9. The number of rotatable bonds is 6. The fourth-order valence-corrected chi connectivity index (χ4v) is 3.02. The highest BCUT2D eigenvalue weighted by molar-refractivity contribution is 5.20. The smallest absolute Gasteiger partial charge is 0.126 e. The summed E-state index contributed by atoms with van der Waals surface area (Å²) in [6.07, 6.45) is 2.67. The molecular weight excluding hydrogens is 272 g/mol. The predicted octanol–water partition coefficient (Wildman–Crippen LogP) is 3.55. The first-order valence-electron chi connectivity index (χ1n) is 7.73. The molecule has 1 atom stereocenters. The van der Waals surface area contributed by atoms with Gasteiger partial charge in [-0.1, -0.05) is 13.8 Å². The van der Waals surface area contributed by atoms with Crippen LogP contribution in [0, 0.1) is 23.0 Å². The van der Waals surface area contributed by atoms with Gasteiger partial charge in [-0.2, -0.15) is 0 Å². The number of hydrogen-bond acceptors (Lipinski definition) is 2. The molecule has 4 heteroatoms. The van der Waals surface area contributed by atoms with Crippen LogP contribution < -0.4 is 5.32 Å². The zero-order chi connectivity index (χ0) is 15.3. The maximum atomic E-state index is 13.4. The zero-order valence-electron chi connectivity index (χ0n) is 12.9. The molecule has 1 aliphatic rings. The van der Waals surface area contributed by atoms with E-state index in [-0.39, 0.29) is 5.41 Å². The molecule has 118 valence electrons. The molecule has 1 heterocycles. The molecule has 0 radical (unpaired) electrons. The Morgan fingerprint density at radius 3 is 2.52 bits per heavy atom. The van der Waals surface area contributed by atoms with Crippen LogP contribution >= 0.6 is 0 Å². The Morgan fingerprint density at radius 2 is 1.95 bits per heavy atom. The Bertz CT molecular complexity index is 436. The van der Waals surface area contributed by atoms with Crippen molar-refractivity contribution in [3.63, 3.8) is 0 Å². The first-order chi connectivity index (χ1) is 9.99. The van der Waals surface area contributed by atoms with E-state index in [4.69, 9.17) is 4.74 Å². The van der Waals surface area contributed by atoms with Gasteiger partial charge >= 0.3 is 0 Å². The highest BCUT2D eigenvalue weighted by Crippen LogP contribution is 2.32. The minimum atomic E-state index is -0.507. The van der Waals surface area contributed by atoms with Gasteiger partial charge in [-0.05, 0) is 49.4 Å². The average molecular weight is 297 g/mol. The maximum absolute atomic E-state index is 13.4. The van der Waals surface area contributed by atoms with Crippen molar-refractivity contribution >= 4 is 0 Å². The lowest BCUT2D eigenvalue weighted by molar-refractivity contribution is -0.00745. The molecule has 1 unspecified atom stereocenters. The summed E-state index contributed by atoms with van der Waals surface area (Å²) in [6.45, 7) is 7.53. The van der Waals surface area contributed by atoms with Gasteiger partial charge in [0.05, 0.1) is 6.61 Å². The molecule has 1 fully saturated rings. The number of nitrogens with one attached hydrogen (secondary N) is 1.